The van der Waals surface area contributed by atoms with Gasteiger partial charge in [-0.05, 0) is 30.9 Å². The molecule has 2 saturated heterocycles. The highest BCUT2D eigenvalue weighted by Gasteiger charge is 2.28. The molecule has 0 saturated carbocycles. The topological polar surface area (TPSA) is 57.7 Å². The van der Waals surface area contributed by atoms with Gasteiger partial charge in [-0.3, -0.25) is 9.69 Å². The minimum Gasteiger partial charge on any atom is -0.379 e. The van der Waals surface area contributed by atoms with Gasteiger partial charge in [0.15, 0.2) is 0 Å². The average molecular weight is 346 g/mol. The van der Waals surface area contributed by atoms with Gasteiger partial charge in [0.05, 0.1) is 18.8 Å². The lowest BCUT2D eigenvalue weighted by Gasteiger charge is -2.40. The predicted octanol–water partition coefficient (Wildman–Crippen LogP) is 2.09. The van der Waals surface area contributed by atoms with Crippen molar-refractivity contribution in [2.75, 3.05) is 51.3 Å². The Morgan fingerprint density at radius 2 is 1.96 bits per heavy atom. The first-order valence-corrected chi connectivity index (χ1v) is 9.44. The summed E-state index contributed by atoms with van der Waals surface area (Å²) in [4.78, 5) is 21.5. The lowest BCUT2D eigenvalue weighted by Crippen LogP contribution is -2.50. The first kappa shape index (κ1) is 18.1. The fourth-order valence-corrected chi connectivity index (χ4v) is 3.49. The van der Waals surface area contributed by atoms with Gasteiger partial charge >= 0.3 is 0 Å². The van der Waals surface area contributed by atoms with E-state index in [4.69, 9.17) is 4.74 Å². The molecule has 0 aromatic carbocycles. The molecule has 3 heterocycles. The van der Waals surface area contributed by atoms with E-state index in [0.717, 1.165) is 64.6 Å². The molecule has 6 nitrogen and oxygen atoms in total. The molecule has 2 aliphatic rings. The number of amides is 1. The minimum atomic E-state index is 0.100. The van der Waals surface area contributed by atoms with Crippen molar-refractivity contribution in [3.8, 4) is 0 Å². The molecule has 0 bridgehead atoms. The fraction of sp³-hybridized carbons (Fsp3) is 0.684. The van der Waals surface area contributed by atoms with Crippen LogP contribution >= 0.6 is 0 Å². The summed E-state index contributed by atoms with van der Waals surface area (Å²) >= 11 is 0. The van der Waals surface area contributed by atoms with Crippen LogP contribution in [0.1, 0.15) is 37.0 Å². The van der Waals surface area contributed by atoms with Gasteiger partial charge in [0.2, 0.25) is 0 Å². The van der Waals surface area contributed by atoms with Crippen LogP contribution in [0, 0.1) is 5.92 Å². The number of nitrogens with one attached hydrogen (secondary N) is 1. The zero-order valence-electron chi connectivity index (χ0n) is 15.4. The fourth-order valence-electron chi connectivity index (χ4n) is 3.49. The Bertz CT molecular complexity index is 547. The van der Waals surface area contributed by atoms with Gasteiger partial charge in [-0.2, -0.15) is 0 Å². The summed E-state index contributed by atoms with van der Waals surface area (Å²) in [6.07, 6.45) is 3.79. The molecule has 6 heteroatoms. The van der Waals surface area contributed by atoms with Crippen LogP contribution in [-0.4, -0.2) is 72.7 Å². The zero-order valence-corrected chi connectivity index (χ0v) is 15.4. The molecular formula is C19H30N4O2. The molecule has 3 rings (SSSR count). The van der Waals surface area contributed by atoms with Crippen molar-refractivity contribution < 1.29 is 9.53 Å². The quantitative estimate of drug-likeness (QED) is 0.885. The van der Waals surface area contributed by atoms with Crippen molar-refractivity contribution in [1.82, 2.24) is 14.8 Å². The Balaban J connectivity index is 1.50. The van der Waals surface area contributed by atoms with Crippen LogP contribution in [0.25, 0.3) is 0 Å². The summed E-state index contributed by atoms with van der Waals surface area (Å²) in [6.45, 7) is 10.6. The van der Waals surface area contributed by atoms with Crippen LogP contribution in [0.3, 0.4) is 0 Å². The van der Waals surface area contributed by atoms with E-state index < -0.39 is 0 Å². The molecule has 1 aromatic heterocycles. The molecule has 0 aliphatic carbocycles. The Hall–Kier alpha value is -1.66. The van der Waals surface area contributed by atoms with Crippen molar-refractivity contribution in [2.24, 2.45) is 5.92 Å². The largest absolute Gasteiger partial charge is 0.379 e. The van der Waals surface area contributed by atoms with Crippen LogP contribution in [-0.2, 0) is 4.74 Å². The molecule has 1 aromatic rings. The average Bonchev–Trinajstić information content (AvgIpc) is 2.67. The number of hydrogen-bond acceptors (Lipinski definition) is 5. The molecule has 138 valence electrons. The molecule has 0 atom stereocenters. The molecule has 1 N–H and O–H groups in total. The van der Waals surface area contributed by atoms with Crippen LogP contribution in [0.2, 0.25) is 0 Å². The van der Waals surface area contributed by atoms with Crippen molar-refractivity contribution in [3.05, 3.63) is 23.9 Å². The number of rotatable bonds is 5. The van der Waals surface area contributed by atoms with Gasteiger partial charge in [0.25, 0.3) is 5.91 Å². The van der Waals surface area contributed by atoms with E-state index in [1.165, 1.54) is 0 Å². The summed E-state index contributed by atoms with van der Waals surface area (Å²) < 4.78 is 5.43. The third kappa shape index (κ3) is 4.92. The smallest absolute Gasteiger partial charge is 0.255 e. The Kier molecular flexibility index (Phi) is 6.26. The second-order valence-corrected chi connectivity index (χ2v) is 7.38. The van der Waals surface area contributed by atoms with Gasteiger partial charge in [0.1, 0.15) is 5.82 Å². The zero-order chi connectivity index (χ0) is 17.6. The van der Waals surface area contributed by atoms with E-state index in [1.54, 1.807) is 6.20 Å². The van der Waals surface area contributed by atoms with Gasteiger partial charge in [-0.25, -0.2) is 4.98 Å². The lowest BCUT2D eigenvalue weighted by atomic mass is 10.0. The van der Waals surface area contributed by atoms with Gasteiger partial charge in [-0.1, -0.05) is 13.8 Å². The summed E-state index contributed by atoms with van der Waals surface area (Å²) in [5, 5.41) is 3.28. The molecule has 25 heavy (non-hydrogen) atoms. The van der Waals surface area contributed by atoms with E-state index >= 15 is 0 Å². The molecule has 2 aliphatic heterocycles. The SMILES string of the molecule is CC(C)CNc1ccc(C(=O)N2CCC(N3CCOCC3)CC2)cn1. The molecule has 0 radical (unpaired) electrons. The highest BCUT2D eigenvalue weighted by atomic mass is 16.5. The van der Waals surface area contributed by atoms with Crippen molar-refractivity contribution >= 4 is 11.7 Å². The second-order valence-electron chi connectivity index (χ2n) is 7.38. The Labute approximate surface area is 150 Å². The monoisotopic (exact) mass is 346 g/mol. The Morgan fingerprint density at radius 3 is 2.56 bits per heavy atom. The molecule has 0 spiro atoms. The molecule has 1 amide bonds. The lowest BCUT2D eigenvalue weighted by molar-refractivity contribution is 0.00158. The molecule has 0 unspecified atom stereocenters. The first-order chi connectivity index (χ1) is 12.1. The maximum atomic E-state index is 12.7. The number of carbonyl (C=O) groups excluding carboxylic acids is 1. The van der Waals surface area contributed by atoms with Crippen LogP contribution in [0.5, 0.6) is 0 Å². The number of anilines is 1. The van der Waals surface area contributed by atoms with E-state index in [9.17, 15) is 4.79 Å². The van der Waals surface area contributed by atoms with Crippen molar-refractivity contribution in [1.29, 1.82) is 0 Å². The third-order valence-electron chi connectivity index (χ3n) is 5.02. The van der Waals surface area contributed by atoms with E-state index in [-0.39, 0.29) is 5.91 Å². The van der Waals surface area contributed by atoms with Crippen molar-refractivity contribution in [2.45, 2.75) is 32.7 Å². The number of carbonyl (C=O) groups is 1. The van der Waals surface area contributed by atoms with Crippen LogP contribution in [0.4, 0.5) is 5.82 Å². The molecular weight excluding hydrogens is 316 g/mol. The number of pyridine rings is 1. The van der Waals surface area contributed by atoms with Crippen LogP contribution in [0.15, 0.2) is 18.3 Å². The standard InChI is InChI=1S/C19H30N4O2/c1-15(2)13-20-18-4-3-16(14-21-18)19(24)23-7-5-17(6-8-23)22-9-11-25-12-10-22/h3-4,14-15,17H,5-13H2,1-2H3,(H,20,21). The predicted molar refractivity (Wildman–Crippen MR) is 98.9 cm³/mol. The number of likely N-dealkylation sites (tertiary alicyclic amines) is 1. The number of nitrogens with zero attached hydrogens (tertiary/aromatic N) is 3. The highest BCUT2D eigenvalue weighted by molar-refractivity contribution is 5.94. The van der Waals surface area contributed by atoms with Gasteiger partial charge < -0.3 is 15.0 Å². The number of piperidine rings is 1. The maximum absolute atomic E-state index is 12.7. The van der Waals surface area contributed by atoms with E-state index in [2.05, 4.69) is 29.0 Å². The summed E-state index contributed by atoms with van der Waals surface area (Å²) in [5.74, 6) is 1.50. The number of aromatic nitrogens is 1. The number of ether oxygens (including phenoxy) is 1. The number of morpholine rings is 1. The van der Waals surface area contributed by atoms with Gasteiger partial charge in [0, 0.05) is 45.0 Å². The highest BCUT2D eigenvalue weighted by Crippen LogP contribution is 2.19. The summed E-state index contributed by atoms with van der Waals surface area (Å²) in [5.41, 5.74) is 0.680. The third-order valence-corrected chi connectivity index (χ3v) is 5.02. The first-order valence-electron chi connectivity index (χ1n) is 9.44. The normalized spacial score (nSPS) is 20.0. The van der Waals surface area contributed by atoms with Crippen LogP contribution < -0.4 is 5.32 Å². The second kappa shape index (κ2) is 8.63. The maximum Gasteiger partial charge on any atom is 0.255 e. The summed E-state index contributed by atoms with van der Waals surface area (Å²) in [6, 6.07) is 4.37. The molecule has 2 fully saturated rings. The van der Waals surface area contributed by atoms with E-state index in [0.29, 0.717) is 17.5 Å². The van der Waals surface area contributed by atoms with Crippen molar-refractivity contribution in [3.63, 3.8) is 0 Å². The Morgan fingerprint density at radius 1 is 1.24 bits per heavy atom. The number of hydrogen-bond donors (Lipinski definition) is 1. The summed E-state index contributed by atoms with van der Waals surface area (Å²) in [7, 11) is 0. The minimum absolute atomic E-state index is 0.100. The van der Waals surface area contributed by atoms with E-state index in [1.807, 2.05) is 17.0 Å². The van der Waals surface area contributed by atoms with Gasteiger partial charge in [-0.15, -0.1) is 0 Å².